The average molecular weight is 220 g/mol. The van der Waals surface area contributed by atoms with Gasteiger partial charge in [0.05, 0.1) is 11.4 Å². The number of allylic oxidation sites excluding steroid dienone is 1. The number of nitrogens with two attached hydrogens (primary N) is 1. The smallest absolute Gasteiger partial charge is 0.148 e. The molecule has 16 heavy (non-hydrogen) atoms. The quantitative estimate of drug-likeness (QED) is 0.603. The second-order valence-corrected chi connectivity index (χ2v) is 4.13. The van der Waals surface area contributed by atoms with E-state index in [9.17, 15) is 4.39 Å². The van der Waals surface area contributed by atoms with Gasteiger partial charge in [-0.25, -0.2) is 4.39 Å². The number of nitrogens with one attached hydrogen (secondary N) is 1. The normalized spacial score (nSPS) is 14.9. The highest BCUT2D eigenvalue weighted by molar-refractivity contribution is 5.66. The van der Waals surface area contributed by atoms with Crippen LogP contribution in [0.2, 0.25) is 0 Å². The van der Waals surface area contributed by atoms with Crippen LogP contribution >= 0.6 is 0 Å². The van der Waals surface area contributed by atoms with Crippen molar-refractivity contribution in [3.63, 3.8) is 0 Å². The van der Waals surface area contributed by atoms with E-state index in [0.717, 1.165) is 13.0 Å². The minimum absolute atomic E-state index is 0.211. The van der Waals surface area contributed by atoms with Gasteiger partial charge in [-0.2, -0.15) is 0 Å². The fourth-order valence-electron chi connectivity index (χ4n) is 2.01. The van der Waals surface area contributed by atoms with Crippen molar-refractivity contribution in [3.8, 4) is 0 Å². The van der Waals surface area contributed by atoms with Gasteiger partial charge in [0.25, 0.3) is 0 Å². The first-order valence-electron chi connectivity index (χ1n) is 5.73. The highest BCUT2D eigenvalue weighted by atomic mass is 19.1. The predicted molar refractivity (Wildman–Crippen MR) is 65.9 cm³/mol. The van der Waals surface area contributed by atoms with Gasteiger partial charge >= 0.3 is 0 Å². The van der Waals surface area contributed by atoms with Crippen molar-refractivity contribution in [2.75, 3.05) is 17.6 Å². The van der Waals surface area contributed by atoms with E-state index in [0.29, 0.717) is 5.69 Å². The molecule has 0 spiro atoms. The molecule has 1 aliphatic carbocycles. The van der Waals surface area contributed by atoms with Gasteiger partial charge in [-0.1, -0.05) is 17.7 Å². The third kappa shape index (κ3) is 2.54. The van der Waals surface area contributed by atoms with E-state index >= 15 is 0 Å². The van der Waals surface area contributed by atoms with E-state index in [2.05, 4.69) is 11.4 Å². The lowest BCUT2D eigenvalue weighted by atomic mass is 10.1. The number of hydrogen-bond donors (Lipinski definition) is 2. The third-order valence-corrected chi connectivity index (χ3v) is 2.95. The number of benzene rings is 1. The standard InChI is InChI=1S/C13H17FN2/c14-11-6-3-7-12(13(11)15)16-9-8-10-4-1-2-5-10/h3-4,6-7,16H,1-2,5,8-9,15H2. The molecule has 0 saturated carbocycles. The number of halogens is 1. The zero-order valence-electron chi connectivity index (χ0n) is 9.30. The van der Waals surface area contributed by atoms with E-state index in [1.807, 2.05) is 0 Å². The van der Waals surface area contributed by atoms with Crippen molar-refractivity contribution in [2.45, 2.75) is 25.7 Å². The highest BCUT2D eigenvalue weighted by Crippen LogP contribution is 2.23. The zero-order valence-corrected chi connectivity index (χ0v) is 9.30. The lowest BCUT2D eigenvalue weighted by Crippen LogP contribution is -2.05. The monoisotopic (exact) mass is 220 g/mol. The zero-order chi connectivity index (χ0) is 11.4. The molecule has 1 aromatic rings. The molecule has 0 amide bonds. The van der Waals surface area contributed by atoms with Gasteiger partial charge in [-0.3, -0.25) is 0 Å². The van der Waals surface area contributed by atoms with Gasteiger partial charge in [-0.05, 0) is 37.8 Å². The molecule has 0 bridgehead atoms. The molecular formula is C13H17FN2. The topological polar surface area (TPSA) is 38.0 Å². The summed E-state index contributed by atoms with van der Waals surface area (Å²) in [7, 11) is 0. The fraction of sp³-hybridized carbons (Fsp3) is 0.385. The van der Waals surface area contributed by atoms with Crippen LogP contribution in [0.15, 0.2) is 29.8 Å². The van der Waals surface area contributed by atoms with Crippen molar-refractivity contribution in [1.29, 1.82) is 0 Å². The molecule has 0 unspecified atom stereocenters. The molecule has 3 heteroatoms. The predicted octanol–water partition coefficient (Wildman–Crippen LogP) is 3.32. The number of para-hydroxylation sites is 1. The molecule has 2 rings (SSSR count). The molecule has 0 heterocycles. The summed E-state index contributed by atoms with van der Waals surface area (Å²) in [6.45, 7) is 0.819. The maximum absolute atomic E-state index is 13.1. The van der Waals surface area contributed by atoms with Crippen LogP contribution in [-0.4, -0.2) is 6.54 Å². The average Bonchev–Trinajstić information content (AvgIpc) is 2.77. The summed E-state index contributed by atoms with van der Waals surface area (Å²) in [5.41, 5.74) is 8.03. The lowest BCUT2D eigenvalue weighted by molar-refractivity contribution is 0.633. The number of anilines is 2. The Bertz CT molecular complexity index is 399. The van der Waals surface area contributed by atoms with Crippen molar-refractivity contribution in [2.24, 2.45) is 0 Å². The second-order valence-electron chi connectivity index (χ2n) is 4.13. The Balaban J connectivity index is 1.87. The van der Waals surface area contributed by atoms with E-state index in [1.165, 1.54) is 30.9 Å². The molecular weight excluding hydrogens is 203 g/mol. The minimum Gasteiger partial charge on any atom is -0.395 e. The van der Waals surface area contributed by atoms with Crippen LogP contribution in [0.3, 0.4) is 0 Å². The van der Waals surface area contributed by atoms with Crippen LogP contribution in [0.5, 0.6) is 0 Å². The van der Waals surface area contributed by atoms with Gasteiger partial charge < -0.3 is 11.1 Å². The molecule has 0 fully saturated rings. The molecule has 3 N–H and O–H groups in total. The second kappa shape index (κ2) is 5.01. The van der Waals surface area contributed by atoms with E-state index < -0.39 is 0 Å². The fourth-order valence-corrected chi connectivity index (χ4v) is 2.01. The van der Waals surface area contributed by atoms with Crippen molar-refractivity contribution < 1.29 is 4.39 Å². The van der Waals surface area contributed by atoms with Crippen LogP contribution in [0.1, 0.15) is 25.7 Å². The molecule has 86 valence electrons. The first-order chi connectivity index (χ1) is 7.77. The van der Waals surface area contributed by atoms with E-state index in [4.69, 9.17) is 5.73 Å². The van der Waals surface area contributed by atoms with E-state index in [1.54, 1.807) is 12.1 Å². The summed E-state index contributed by atoms with van der Waals surface area (Å²) < 4.78 is 13.1. The number of rotatable bonds is 4. The highest BCUT2D eigenvalue weighted by Gasteiger charge is 2.06. The lowest BCUT2D eigenvalue weighted by Gasteiger charge is -2.09. The number of hydrogen-bond acceptors (Lipinski definition) is 2. The summed E-state index contributed by atoms with van der Waals surface area (Å²) in [5.74, 6) is -0.356. The summed E-state index contributed by atoms with van der Waals surface area (Å²) >= 11 is 0. The van der Waals surface area contributed by atoms with Gasteiger partial charge in [-0.15, -0.1) is 0 Å². The molecule has 1 aliphatic rings. The molecule has 0 saturated heterocycles. The maximum Gasteiger partial charge on any atom is 0.148 e. The Morgan fingerprint density at radius 3 is 3.00 bits per heavy atom. The van der Waals surface area contributed by atoms with Crippen molar-refractivity contribution in [3.05, 3.63) is 35.7 Å². The summed E-state index contributed by atoms with van der Waals surface area (Å²) in [6.07, 6.45) is 7.02. The molecule has 0 atom stereocenters. The van der Waals surface area contributed by atoms with Gasteiger partial charge in [0.1, 0.15) is 5.82 Å². The first-order valence-corrected chi connectivity index (χ1v) is 5.73. The van der Waals surface area contributed by atoms with Crippen LogP contribution < -0.4 is 11.1 Å². The Hall–Kier alpha value is -1.51. The van der Waals surface area contributed by atoms with Crippen LogP contribution in [0, 0.1) is 5.82 Å². The minimum atomic E-state index is -0.356. The maximum atomic E-state index is 13.1. The Labute approximate surface area is 95.3 Å². The molecule has 1 aromatic carbocycles. The Kier molecular flexibility index (Phi) is 3.44. The van der Waals surface area contributed by atoms with Crippen molar-refractivity contribution >= 4 is 11.4 Å². The summed E-state index contributed by atoms with van der Waals surface area (Å²) in [6, 6.07) is 4.85. The molecule has 0 aliphatic heterocycles. The summed E-state index contributed by atoms with van der Waals surface area (Å²) in [4.78, 5) is 0. The molecule has 0 aromatic heterocycles. The SMILES string of the molecule is Nc1c(F)cccc1NCCC1=CCCC1. The third-order valence-electron chi connectivity index (χ3n) is 2.95. The number of nitrogen functional groups attached to an aromatic ring is 1. The Morgan fingerprint density at radius 1 is 1.38 bits per heavy atom. The van der Waals surface area contributed by atoms with E-state index in [-0.39, 0.29) is 11.5 Å². The first kappa shape index (κ1) is 11.0. The van der Waals surface area contributed by atoms with Gasteiger partial charge in [0, 0.05) is 6.54 Å². The Morgan fingerprint density at radius 2 is 2.25 bits per heavy atom. The summed E-state index contributed by atoms with van der Waals surface area (Å²) in [5, 5.41) is 3.17. The molecule has 0 radical (unpaired) electrons. The van der Waals surface area contributed by atoms with Gasteiger partial charge in [0.2, 0.25) is 0 Å². The largest absolute Gasteiger partial charge is 0.395 e. The molecule has 2 nitrogen and oxygen atoms in total. The van der Waals surface area contributed by atoms with Crippen LogP contribution in [0.4, 0.5) is 15.8 Å². The van der Waals surface area contributed by atoms with Crippen LogP contribution in [-0.2, 0) is 0 Å². The van der Waals surface area contributed by atoms with Crippen LogP contribution in [0.25, 0.3) is 0 Å². The van der Waals surface area contributed by atoms with Crippen molar-refractivity contribution in [1.82, 2.24) is 0 Å². The van der Waals surface area contributed by atoms with Gasteiger partial charge in [0.15, 0.2) is 0 Å².